The fourth-order valence-corrected chi connectivity index (χ4v) is 2.83. The molecule has 0 bridgehead atoms. The highest BCUT2D eigenvalue weighted by Gasteiger charge is 2.36. The summed E-state index contributed by atoms with van der Waals surface area (Å²) >= 11 is 0. The number of para-hydroxylation sites is 1. The maximum atomic E-state index is 13.7. The minimum atomic E-state index is -4.79. The number of hydrogen-bond acceptors (Lipinski definition) is 7. The van der Waals surface area contributed by atoms with Gasteiger partial charge in [-0.05, 0) is 32.0 Å². The number of methoxy groups -OCH3 is 1. The zero-order valence-electron chi connectivity index (χ0n) is 16.8. The van der Waals surface area contributed by atoms with Crippen LogP contribution < -0.4 is 4.74 Å². The van der Waals surface area contributed by atoms with Gasteiger partial charge >= 0.3 is 18.1 Å². The third-order valence-corrected chi connectivity index (χ3v) is 4.27. The number of rotatable bonds is 6. The maximum Gasteiger partial charge on any atom is 0.433 e. The van der Waals surface area contributed by atoms with E-state index in [0.717, 1.165) is 12.3 Å². The monoisotopic (exact) mass is 437 g/mol. The van der Waals surface area contributed by atoms with Crippen LogP contribution in [0.3, 0.4) is 0 Å². The molecule has 3 rings (SSSR count). The Morgan fingerprint density at radius 2 is 1.94 bits per heavy atom. The number of carbonyl (C=O) groups excluding carboxylic acids is 2. The SMILES string of the molecule is CCOC(=O)[C@H](C)OC(=O)c1cnn2c(C(F)(F)F)cc(-c3ccccc3OC)nc12. The van der Waals surface area contributed by atoms with Crippen LogP contribution in [0.1, 0.15) is 29.9 Å². The second-order valence-electron chi connectivity index (χ2n) is 6.32. The van der Waals surface area contributed by atoms with E-state index >= 15 is 0 Å². The smallest absolute Gasteiger partial charge is 0.433 e. The Labute approximate surface area is 174 Å². The van der Waals surface area contributed by atoms with Crippen molar-refractivity contribution in [3.05, 3.63) is 47.8 Å². The van der Waals surface area contributed by atoms with Gasteiger partial charge in [0.25, 0.3) is 0 Å². The Morgan fingerprint density at radius 1 is 1.23 bits per heavy atom. The second kappa shape index (κ2) is 8.62. The summed E-state index contributed by atoms with van der Waals surface area (Å²) in [6, 6.07) is 7.19. The molecule has 0 radical (unpaired) electrons. The van der Waals surface area contributed by atoms with E-state index in [1.54, 1.807) is 25.1 Å². The summed E-state index contributed by atoms with van der Waals surface area (Å²) in [5.41, 5.74) is -1.64. The van der Waals surface area contributed by atoms with Crippen molar-refractivity contribution >= 4 is 17.6 Å². The van der Waals surface area contributed by atoms with E-state index in [9.17, 15) is 22.8 Å². The first kappa shape index (κ1) is 22.1. The molecule has 0 unspecified atom stereocenters. The number of alkyl halides is 3. The number of benzene rings is 1. The van der Waals surface area contributed by atoms with Crippen LogP contribution in [0.5, 0.6) is 5.75 Å². The van der Waals surface area contributed by atoms with Crippen molar-refractivity contribution in [1.29, 1.82) is 0 Å². The first-order chi connectivity index (χ1) is 14.7. The lowest BCUT2D eigenvalue weighted by atomic mass is 10.1. The van der Waals surface area contributed by atoms with Gasteiger partial charge in [0.05, 0.1) is 25.6 Å². The van der Waals surface area contributed by atoms with Gasteiger partial charge in [0.1, 0.15) is 11.3 Å². The molecule has 0 aliphatic rings. The molecule has 2 aromatic heterocycles. The Balaban J connectivity index is 2.13. The van der Waals surface area contributed by atoms with Gasteiger partial charge in [-0.1, -0.05) is 12.1 Å². The number of fused-ring (bicyclic) bond motifs is 1. The number of halogens is 3. The average molecular weight is 437 g/mol. The molecular formula is C20H18F3N3O5. The van der Waals surface area contributed by atoms with Gasteiger partial charge in [-0.15, -0.1) is 0 Å². The number of hydrogen-bond donors (Lipinski definition) is 0. The highest BCUT2D eigenvalue weighted by atomic mass is 19.4. The summed E-state index contributed by atoms with van der Waals surface area (Å²) < 4.78 is 56.6. The Bertz CT molecular complexity index is 1130. The Morgan fingerprint density at radius 3 is 2.58 bits per heavy atom. The molecule has 0 aliphatic carbocycles. The van der Waals surface area contributed by atoms with Gasteiger partial charge in [-0.2, -0.15) is 18.3 Å². The van der Waals surface area contributed by atoms with Crippen LogP contribution in [0, 0.1) is 0 Å². The van der Waals surface area contributed by atoms with Crippen LogP contribution in [0.25, 0.3) is 16.9 Å². The van der Waals surface area contributed by atoms with Crippen LogP contribution in [0.4, 0.5) is 13.2 Å². The zero-order valence-corrected chi connectivity index (χ0v) is 16.8. The van der Waals surface area contributed by atoms with Gasteiger partial charge in [-0.3, -0.25) is 0 Å². The molecule has 0 N–H and O–H groups in total. The van der Waals surface area contributed by atoms with Crippen molar-refractivity contribution < 1.29 is 37.0 Å². The topological polar surface area (TPSA) is 92.0 Å². The van der Waals surface area contributed by atoms with Gasteiger partial charge < -0.3 is 14.2 Å². The summed E-state index contributed by atoms with van der Waals surface area (Å²) in [4.78, 5) is 28.5. The highest BCUT2D eigenvalue weighted by Crippen LogP contribution is 2.35. The summed E-state index contributed by atoms with van der Waals surface area (Å²) in [6.45, 7) is 2.95. The summed E-state index contributed by atoms with van der Waals surface area (Å²) in [6.07, 6.45) is -5.14. The maximum absolute atomic E-state index is 13.7. The quantitative estimate of drug-likeness (QED) is 0.545. The van der Waals surface area contributed by atoms with Crippen LogP contribution >= 0.6 is 0 Å². The van der Waals surface area contributed by atoms with E-state index in [4.69, 9.17) is 14.2 Å². The predicted molar refractivity (Wildman–Crippen MR) is 101 cm³/mol. The summed E-state index contributed by atoms with van der Waals surface area (Å²) in [5.74, 6) is -1.55. The van der Waals surface area contributed by atoms with Gasteiger partial charge in [-0.25, -0.2) is 19.1 Å². The Hall–Kier alpha value is -3.63. The van der Waals surface area contributed by atoms with Crippen molar-refractivity contribution in [2.24, 2.45) is 0 Å². The molecule has 0 fully saturated rings. The average Bonchev–Trinajstić information content (AvgIpc) is 3.16. The lowest BCUT2D eigenvalue weighted by molar-refractivity contribution is -0.152. The zero-order chi connectivity index (χ0) is 22.8. The van der Waals surface area contributed by atoms with E-state index in [2.05, 4.69) is 10.1 Å². The molecule has 8 nitrogen and oxygen atoms in total. The lowest BCUT2D eigenvalue weighted by Crippen LogP contribution is -2.26. The highest BCUT2D eigenvalue weighted by molar-refractivity contribution is 5.97. The van der Waals surface area contributed by atoms with Crippen LogP contribution in [-0.2, 0) is 20.4 Å². The molecule has 31 heavy (non-hydrogen) atoms. The molecule has 11 heteroatoms. The van der Waals surface area contributed by atoms with Crippen LogP contribution in [0.2, 0.25) is 0 Å². The number of carbonyl (C=O) groups is 2. The molecule has 164 valence electrons. The van der Waals surface area contributed by atoms with Crippen molar-refractivity contribution in [3.8, 4) is 17.0 Å². The van der Waals surface area contributed by atoms with Gasteiger partial charge in [0.2, 0.25) is 0 Å². The number of aromatic nitrogens is 3. The van der Waals surface area contributed by atoms with E-state index in [-0.39, 0.29) is 23.5 Å². The number of esters is 2. The van der Waals surface area contributed by atoms with E-state index < -0.39 is 29.9 Å². The lowest BCUT2D eigenvalue weighted by Gasteiger charge is -2.14. The Kier molecular flexibility index (Phi) is 6.14. The third kappa shape index (κ3) is 4.44. The molecule has 0 spiro atoms. The second-order valence-corrected chi connectivity index (χ2v) is 6.32. The fourth-order valence-electron chi connectivity index (χ4n) is 2.83. The van der Waals surface area contributed by atoms with E-state index in [1.807, 2.05) is 0 Å². The van der Waals surface area contributed by atoms with Crippen molar-refractivity contribution in [1.82, 2.24) is 14.6 Å². The minimum Gasteiger partial charge on any atom is -0.496 e. The van der Waals surface area contributed by atoms with Crippen LogP contribution in [0.15, 0.2) is 36.5 Å². The molecule has 3 aromatic rings. The standard InChI is InChI=1S/C20H18F3N3O5/c1-4-30-18(27)11(2)31-19(28)13-10-24-26-16(20(21,22)23)9-14(25-17(13)26)12-7-5-6-8-15(12)29-3/h5-11H,4H2,1-3H3/t11-/m0/s1. The minimum absolute atomic E-state index is 0.0785. The molecule has 0 amide bonds. The molecule has 1 aromatic carbocycles. The van der Waals surface area contributed by atoms with Gasteiger partial charge in [0, 0.05) is 5.56 Å². The number of nitrogens with zero attached hydrogens (tertiary/aromatic N) is 3. The molecule has 0 aliphatic heterocycles. The molecule has 0 saturated carbocycles. The molecular weight excluding hydrogens is 419 g/mol. The van der Waals surface area contributed by atoms with Gasteiger partial charge in [0.15, 0.2) is 17.4 Å². The first-order valence-corrected chi connectivity index (χ1v) is 9.14. The van der Waals surface area contributed by atoms with Crippen molar-refractivity contribution in [2.75, 3.05) is 13.7 Å². The normalized spacial score (nSPS) is 12.5. The fraction of sp³-hybridized carbons (Fsp3) is 0.300. The summed E-state index contributed by atoms with van der Waals surface area (Å²) in [7, 11) is 1.38. The third-order valence-electron chi connectivity index (χ3n) is 4.27. The summed E-state index contributed by atoms with van der Waals surface area (Å²) in [5, 5.41) is 3.66. The van der Waals surface area contributed by atoms with Crippen molar-refractivity contribution in [3.63, 3.8) is 0 Å². The van der Waals surface area contributed by atoms with E-state index in [0.29, 0.717) is 15.8 Å². The largest absolute Gasteiger partial charge is 0.496 e. The first-order valence-electron chi connectivity index (χ1n) is 9.14. The molecule has 2 heterocycles. The number of ether oxygens (including phenoxy) is 3. The van der Waals surface area contributed by atoms with Crippen LogP contribution in [-0.4, -0.2) is 46.4 Å². The van der Waals surface area contributed by atoms with Crippen molar-refractivity contribution in [2.45, 2.75) is 26.1 Å². The van der Waals surface area contributed by atoms with E-state index in [1.165, 1.54) is 20.1 Å². The molecule has 1 atom stereocenters. The predicted octanol–water partition coefficient (Wildman–Crippen LogP) is 3.53. The molecule has 0 saturated heterocycles.